The second kappa shape index (κ2) is 4.94. The van der Waals surface area contributed by atoms with Crippen LogP contribution in [-0.2, 0) is 15.1 Å². The summed E-state index contributed by atoms with van der Waals surface area (Å²) in [6.07, 6.45) is 1.54. The van der Waals surface area contributed by atoms with Gasteiger partial charge in [-0.05, 0) is 25.0 Å². The normalized spacial score (nSPS) is 14.1. The van der Waals surface area contributed by atoms with Gasteiger partial charge in [0.15, 0.2) is 5.60 Å². The Kier molecular flexibility index (Phi) is 3.85. The van der Waals surface area contributed by atoms with Crippen molar-refractivity contribution in [3.63, 3.8) is 0 Å². The van der Waals surface area contributed by atoms with Crippen LogP contribution in [0, 0.1) is 6.92 Å². The lowest BCUT2D eigenvalue weighted by Gasteiger charge is -2.26. The van der Waals surface area contributed by atoms with E-state index in [0.29, 0.717) is 5.56 Å². The van der Waals surface area contributed by atoms with Gasteiger partial charge in [-0.15, -0.1) is 6.58 Å². The van der Waals surface area contributed by atoms with E-state index < -0.39 is 11.6 Å². The summed E-state index contributed by atoms with van der Waals surface area (Å²) >= 11 is 0. The third kappa shape index (κ3) is 2.31. The average Bonchev–Trinajstić information content (AvgIpc) is 2.26. The van der Waals surface area contributed by atoms with Crippen LogP contribution in [0.1, 0.15) is 18.1 Å². The maximum absolute atomic E-state index is 11.3. The number of rotatable bonds is 5. The number of benzene rings is 1. The number of aryl methyl sites for hydroxylation is 1. The molecule has 1 N–H and O–H groups in total. The summed E-state index contributed by atoms with van der Waals surface area (Å²) in [6.45, 7) is 7.15. The van der Waals surface area contributed by atoms with Crippen LogP contribution in [0.4, 0.5) is 0 Å². The first-order valence-electron chi connectivity index (χ1n) is 5.06. The van der Waals surface area contributed by atoms with Crippen LogP contribution in [0.2, 0.25) is 0 Å². The minimum absolute atomic E-state index is 0.205. The average molecular weight is 220 g/mol. The Hall–Kier alpha value is -1.61. The van der Waals surface area contributed by atoms with Gasteiger partial charge in [-0.3, -0.25) is 0 Å². The molecule has 1 unspecified atom stereocenters. The molecule has 0 aliphatic rings. The maximum Gasteiger partial charge on any atom is 0.340 e. The number of carboxylic acid groups (broad SMARTS) is 1. The summed E-state index contributed by atoms with van der Waals surface area (Å²) in [5, 5.41) is 9.28. The molecule has 0 radical (unpaired) electrons. The number of carbonyl (C=O) groups is 1. The Morgan fingerprint density at radius 1 is 1.56 bits per heavy atom. The zero-order valence-corrected chi connectivity index (χ0v) is 9.56. The number of hydrogen-bond donors (Lipinski definition) is 1. The third-order valence-electron chi connectivity index (χ3n) is 2.56. The predicted octanol–water partition coefficient (Wildman–Crippen LogP) is 2.50. The van der Waals surface area contributed by atoms with Crippen molar-refractivity contribution in [2.45, 2.75) is 19.4 Å². The lowest BCUT2D eigenvalue weighted by atomic mass is 9.92. The Bertz CT molecular complexity index is 398. The van der Waals surface area contributed by atoms with Gasteiger partial charge in [0.05, 0.1) is 6.61 Å². The van der Waals surface area contributed by atoms with Crippen molar-refractivity contribution in [2.24, 2.45) is 0 Å². The molecule has 1 rings (SSSR count). The van der Waals surface area contributed by atoms with Crippen LogP contribution in [0.3, 0.4) is 0 Å². The van der Waals surface area contributed by atoms with Gasteiger partial charge >= 0.3 is 5.97 Å². The molecule has 0 bridgehead atoms. The number of hydrogen-bond acceptors (Lipinski definition) is 2. The van der Waals surface area contributed by atoms with Crippen LogP contribution in [0.5, 0.6) is 0 Å². The highest BCUT2D eigenvalue weighted by atomic mass is 16.5. The molecule has 1 aromatic rings. The van der Waals surface area contributed by atoms with Crippen molar-refractivity contribution in [2.75, 3.05) is 6.61 Å². The van der Waals surface area contributed by atoms with E-state index in [1.54, 1.807) is 25.1 Å². The largest absolute Gasteiger partial charge is 0.479 e. The zero-order valence-electron chi connectivity index (χ0n) is 9.56. The van der Waals surface area contributed by atoms with E-state index >= 15 is 0 Å². The zero-order chi connectivity index (χ0) is 12.2. The topological polar surface area (TPSA) is 46.5 Å². The lowest BCUT2D eigenvalue weighted by molar-refractivity contribution is -0.163. The van der Waals surface area contributed by atoms with Crippen LogP contribution in [0.15, 0.2) is 36.9 Å². The second-order valence-corrected chi connectivity index (χ2v) is 3.75. The van der Waals surface area contributed by atoms with E-state index in [4.69, 9.17) is 4.74 Å². The van der Waals surface area contributed by atoms with Gasteiger partial charge in [0, 0.05) is 0 Å². The first-order chi connectivity index (χ1) is 7.52. The molecule has 1 aromatic carbocycles. The van der Waals surface area contributed by atoms with Crippen molar-refractivity contribution in [1.82, 2.24) is 0 Å². The van der Waals surface area contributed by atoms with Gasteiger partial charge in [-0.25, -0.2) is 4.79 Å². The molecule has 0 saturated carbocycles. The summed E-state index contributed by atoms with van der Waals surface area (Å²) in [7, 11) is 0. The molecule has 16 heavy (non-hydrogen) atoms. The Balaban J connectivity index is 3.16. The van der Waals surface area contributed by atoms with Gasteiger partial charge in [-0.2, -0.15) is 0 Å². The predicted molar refractivity (Wildman–Crippen MR) is 62.3 cm³/mol. The number of ether oxygens (including phenoxy) is 1. The fraction of sp³-hybridized carbons (Fsp3) is 0.308. The summed E-state index contributed by atoms with van der Waals surface area (Å²) in [5.74, 6) is -0.997. The maximum atomic E-state index is 11.3. The van der Waals surface area contributed by atoms with Gasteiger partial charge < -0.3 is 9.84 Å². The summed E-state index contributed by atoms with van der Waals surface area (Å²) in [6, 6.07) is 7.32. The van der Waals surface area contributed by atoms with E-state index in [-0.39, 0.29) is 6.61 Å². The summed E-state index contributed by atoms with van der Waals surface area (Å²) < 4.78 is 5.39. The number of carboxylic acids is 1. The quantitative estimate of drug-likeness (QED) is 0.775. The molecule has 0 heterocycles. The molecule has 0 aliphatic carbocycles. The molecule has 0 fully saturated rings. The Morgan fingerprint density at radius 2 is 2.19 bits per heavy atom. The van der Waals surface area contributed by atoms with Crippen LogP contribution in [0.25, 0.3) is 0 Å². The SMILES string of the molecule is C=CCOC(C)(C(=O)O)c1ccccc1C. The van der Waals surface area contributed by atoms with Crippen molar-refractivity contribution in [3.8, 4) is 0 Å². The van der Waals surface area contributed by atoms with E-state index in [2.05, 4.69) is 6.58 Å². The van der Waals surface area contributed by atoms with Crippen molar-refractivity contribution in [1.29, 1.82) is 0 Å². The summed E-state index contributed by atoms with van der Waals surface area (Å²) in [4.78, 5) is 11.3. The smallest absolute Gasteiger partial charge is 0.340 e. The molecule has 0 amide bonds. The highest BCUT2D eigenvalue weighted by Crippen LogP contribution is 2.28. The molecule has 0 spiro atoms. The molecular formula is C13H16O3. The van der Waals surface area contributed by atoms with E-state index in [9.17, 15) is 9.90 Å². The molecule has 1 atom stereocenters. The van der Waals surface area contributed by atoms with Crippen LogP contribution >= 0.6 is 0 Å². The molecule has 0 aliphatic heterocycles. The molecule has 3 heteroatoms. The van der Waals surface area contributed by atoms with Gasteiger partial charge in [0.25, 0.3) is 0 Å². The molecular weight excluding hydrogens is 204 g/mol. The highest BCUT2D eigenvalue weighted by Gasteiger charge is 2.37. The first-order valence-corrected chi connectivity index (χ1v) is 5.06. The van der Waals surface area contributed by atoms with E-state index in [1.165, 1.54) is 0 Å². The van der Waals surface area contributed by atoms with Gasteiger partial charge in [-0.1, -0.05) is 30.3 Å². The second-order valence-electron chi connectivity index (χ2n) is 3.75. The molecule has 3 nitrogen and oxygen atoms in total. The Labute approximate surface area is 95.4 Å². The van der Waals surface area contributed by atoms with Crippen molar-refractivity contribution < 1.29 is 14.6 Å². The van der Waals surface area contributed by atoms with Crippen molar-refractivity contribution >= 4 is 5.97 Å². The third-order valence-corrected chi connectivity index (χ3v) is 2.56. The van der Waals surface area contributed by atoms with Gasteiger partial charge in [0.1, 0.15) is 0 Å². The fourth-order valence-corrected chi connectivity index (χ4v) is 1.59. The lowest BCUT2D eigenvalue weighted by Crippen LogP contribution is -2.36. The monoisotopic (exact) mass is 220 g/mol. The van der Waals surface area contributed by atoms with E-state index in [0.717, 1.165) is 5.56 Å². The Morgan fingerprint density at radius 3 is 2.69 bits per heavy atom. The first kappa shape index (κ1) is 12.5. The van der Waals surface area contributed by atoms with Gasteiger partial charge in [0.2, 0.25) is 0 Å². The number of aliphatic carboxylic acids is 1. The highest BCUT2D eigenvalue weighted by molar-refractivity contribution is 5.79. The molecule has 0 aromatic heterocycles. The van der Waals surface area contributed by atoms with Crippen molar-refractivity contribution in [3.05, 3.63) is 48.0 Å². The minimum atomic E-state index is -1.32. The summed E-state index contributed by atoms with van der Waals surface area (Å²) in [5.41, 5.74) is 0.250. The van der Waals surface area contributed by atoms with Crippen LogP contribution in [-0.4, -0.2) is 17.7 Å². The fourth-order valence-electron chi connectivity index (χ4n) is 1.59. The van der Waals surface area contributed by atoms with E-state index in [1.807, 2.05) is 19.1 Å². The molecule has 0 saturated heterocycles. The molecule has 86 valence electrons. The van der Waals surface area contributed by atoms with Crippen LogP contribution < -0.4 is 0 Å². The standard InChI is InChI=1S/C13H16O3/c1-4-9-16-13(3,12(14)15)11-8-6-5-7-10(11)2/h4-8H,1,9H2,2-3H3,(H,14,15). The minimum Gasteiger partial charge on any atom is -0.479 e.